The van der Waals surface area contributed by atoms with Crippen molar-refractivity contribution in [2.45, 2.75) is 13.1 Å². The van der Waals surface area contributed by atoms with Gasteiger partial charge in [0.1, 0.15) is 5.82 Å². The second-order valence-electron chi connectivity index (χ2n) is 4.57. The van der Waals surface area contributed by atoms with E-state index in [-0.39, 0.29) is 5.82 Å². The predicted molar refractivity (Wildman–Crippen MR) is 77.4 cm³/mol. The van der Waals surface area contributed by atoms with Gasteiger partial charge < -0.3 is 5.73 Å². The fourth-order valence-corrected chi connectivity index (χ4v) is 2.18. The van der Waals surface area contributed by atoms with Gasteiger partial charge in [-0.2, -0.15) is 0 Å². The summed E-state index contributed by atoms with van der Waals surface area (Å²) >= 11 is 6.11. The van der Waals surface area contributed by atoms with Gasteiger partial charge in [0.15, 0.2) is 0 Å². The quantitative estimate of drug-likeness (QED) is 0.864. The Balaban J connectivity index is 2.10. The summed E-state index contributed by atoms with van der Waals surface area (Å²) in [4.78, 5) is 1.98. The molecule has 4 heteroatoms. The number of nitrogens with zero attached hydrogens (tertiary/aromatic N) is 1. The van der Waals surface area contributed by atoms with Gasteiger partial charge in [-0.1, -0.05) is 35.9 Å². The van der Waals surface area contributed by atoms with Crippen molar-refractivity contribution in [1.82, 2.24) is 4.90 Å². The standard InChI is InChI=1S/C15H16ClFN2/c1-19(9-11-5-2-3-6-13(11)16)10-12-14(17)7-4-8-15(12)18/h2-8H,9-10,18H2,1H3. The molecular formula is C15H16ClFN2. The molecule has 2 nitrogen and oxygen atoms in total. The van der Waals surface area contributed by atoms with Crippen LogP contribution in [0.4, 0.5) is 10.1 Å². The molecular weight excluding hydrogens is 263 g/mol. The SMILES string of the molecule is CN(Cc1ccccc1Cl)Cc1c(N)cccc1F. The molecule has 0 amide bonds. The molecule has 0 atom stereocenters. The molecule has 0 aromatic heterocycles. The minimum Gasteiger partial charge on any atom is -0.398 e. The Morgan fingerprint density at radius 2 is 1.84 bits per heavy atom. The lowest BCUT2D eigenvalue weighted by atomic mass is 10.1. The van der Waals surface area contributed by atoms with E-state index >= 15 is 0 Å². The van der Waals surface area contributed by atoms with Gasteiger partial charge >= 0.3 is 0 Å². The van der Waals surface area contributed by atoms with Crippen molar-refractivity contribution in [2.24, 2.45) is 0 Å². The molecule has 0 aliphatic rings. The maximum absolute atomic E-state index is 13.7. The number of nitrogens with two attached hydrogens (primary N) is 1. The zero-order chi connectivity index (χ0) is 13.8. The molecule has 2 aromatic rings. The first kappa shape index (κ1) is 13.8. The van der Waals surface area contributed by atoms with Crippen molar-refractivity contribution in [3.8, 4) is 0 Å². The lowest BCUT2D eigenvalue weighted by Gasteiger charge is -2.19. The van der Waals surface area contributed by atoms with Crippen LogP contribution in [0.5, 0.6) is 0 Å². The highest BCUT2D eigenvalue weighted by atomic mass is 35.5. The Hall–Kier alpha value is -1.58. The van der Waals surface area contributed by atoms with Gasteiger partial charge in [-0.15, -0.1) is 0 Å². The van der Waals surface area contributed by atoms with E-state index in [9.17, 15) is 4.39 Å². The van der Waals surface area contributed by atoms with E-state index in [1.807, 2.05) is 36.2 Å². The highest BCUT2D eigenvalue weighted by molar-refractivity contribution is 6.31. The summed E-state index contributed by atoms with van der Waals surface area (Å²) in [5.41, 5.74) is 7.82. The van der Waals surface area contributed by atoms with Crippen molar-refractivity contribution < 1.29 is 4.39 Å². The Kier molecular flexibility index (Phi) is 4.40. The predicted octanol–water partition coefficient (Wildman–Crippen LogP) is 3.69. The molecule has 0 saturated carbocycles. The molecule has 19 heavy (non-hydrogen) atoms. The maximum atomic E-state index is 13.7. The molecule has 2 N–H and O–H groups in total. The summed E-state index contributed by atoms with van der Waals surface area (Å²) in [5.74, 6) is -0.272. The van der Waals surface area contributed by atoms with E-state index in [1.54, 1.807) is 12.1 Å². The Morgan fingerprint density at radius 1 is 1.11 bits per heavy atom. The molecule has 0 spiro atoms. The summed E-state index contributed by atoms with van der Waals surface area (Å²) < 4.78 is 13.7. The Labute approximate surface area is 117 Å². The van der Waals surface area contributed by atoms with Gasteiger partial charge in [-0.05, 0) is 30.8 Å². The van der Waals surface area contributed by atoms with Crippen LogP contribution in [0.3, 0.4) is 0 Å². The fraction of sp³-hybridized carbons (Fsp3) is 0.200. The zero-order valence-electron chi connectivity index (χ0n) is 10.7. The summed E-state index contributed by atoms with van der Waals surface area (Å²) in [5, 5.41) is 0.718. The first-order valence-corrected chi connectivity index (χ1v) is 6.40. The number of anilines is 1. The van der Waals surface area contributed by atoms with Crippen LogP contribution in [-0.2, 0) is 13.1 Å². The molecule has 0 unspecified atom stereocenters. The number of benzene rings is 2. The first-order valence-electron chi connectivity index (χ1n) is 6.02. The largest absolute Gasteiger partial charge is 0.398 e. The van der Waals surface area contributed by atoms with Crippen molar-refractivity contribution in [2.75, 3.05) is 12.8 Å². The van der Waals surface area contributed by atoms with Crippen LogP contribution in [0, 0.1) is 5.82 Å². The third kappa shape index (κ3) is 3.46. The number of nitrogen functional groups attached to an aromatic ring is 1. The van der Waals surface area contributed by atoms with Crippen molar-refractivity contribution in [3.05, 3.63) is 64.4 Å². The Bertz CT molecular complexity index is 552. The minimum atomic E-state index is -0.272. The fourth-order valence-electron chi connectivity index (χ4n) is 1.99. The molecule has 0 fully saturated rings. The van der Waals surface area contributed by atoms with E-state index in [0.717, 1.165) is 10.6 Å². The van der Waals surface area contributed by atoms with Gasteiger partial charge in [0.25, 0.3) is 0 Å². The average molecular weight is 279 g/mol. The molecule has 0 radical (unpaired) electrons. The minimum absolute atomic E-state index is 0.272. The van der Waals surface area contributed by atoms with Crippen LogP contribution in [0.25, 0.3) is 0 Å². The number of halogens is 2. The Morgan fingerprint density at radius 3 is 2.53 bits per heavy atom. The van der Waals surface area contributed by atoms with Crippen molar-refractivity contribution in [1.29, 1.82) is 0 Å². The van der Waals surface area contributed by atoms with Crippen LogP contribution < -0.4 is 5.73 Å². The zero-order valence-corrected chi connectivity index (χ0v) is 11.5. The monoisotopic (exact) mass is 278 g/mol. The molecule has 0 saturated heterocycles. The summed E-state index contributed by atoms with van der Waals surface area (Å²) in [7, 11) is 1.91. The summed E-state index contributed by atoms with van der Waals surface area (Å²) in [6.07, 6.45) is 0. The molecule has 2 aromatic carbocycles. The smallest absolute Gasteiger partial charge is 0.129 e. The third-order valence-electron chi connectivity index (χ3n) is 2.98. The second-order valence-corrected chi connectivity index (χ2v) is 4.98. The molecule has 0 heterocycles. The number of hydrogen-bond acceptors (Lipinski definition) is 2. The van der Waals surface area contributed by atoms with Gasteiger partial charge in [-0.25, -0.2) is 4.39 Å². The van der Waals surface area contributed by atoms with E-state index in [0.29, 0.717) is 24.3 Å². The lowest BCUT2D eigenvalue weighted by molar-refractivity contribution is 0.314. The number of rotatable bonds is 4. The molecule has 100 valence electrons. The van der Waals surface area contributed by atoms with Gasteiger partial charge in [0.05, 0.1) is 0 Å². The topological polar surface area (TPSA) is 29.3 Å². The van der Waals surface area contributed by atoms with Gasteiger partial charge in [-0.3, -0.25) is 4.90 Å². The average Bonchev–Trinajstić information content (AvgIpc) is 2.37. The third-order valence-corrected chi connectivity index (χ3v) is 3.35. The van der Waals surface area contributed by atoms with E-state index < -0.39 is 0 Å². The summed E-state index contributed by atoms with van der Waals surface area (Å²) in [6.45, 7) is 1.09. The van der Waals surface area contributed by atoms with Crippen LogP contribution >= 0.6 is 11.6 Å². The lowest BCUT2D eigenvalue weighted by Crippen LogP contribution is -2.19. The van der Waals surface area contributed by atoms with Gasteiger partial charge in [0, 0.05) is 29.4 Å². The van der Waals surface area contributed by atoms with Crippen LogP contribution in [-0.4, -0.2) is 11.9 Å². The van der Waals surface area contributed by atoms with Crippen LogP contribution in [0.2, 0.25) is 5.02 Å². The highest BCUT2D eigenvalue weighted by Crippen LogP contribution is 2.20. The highest BCUT2D eigenvalue weighted by Gasteiger charge is 2.10. The first-order chi connectivity index (χ1) is 9.08. The maximum Gasteiger partial charge on any atom is 0.129 e. The molecule has 0 aliphatic carbocycles. The molecule has 0 bridgehead atoms. The van der Waals surface area contributed by atoms with Crippen molar-refractivity contribution in [3.63, 3.8) is 0 Å². The summed E-state index contributed by atoms with van der Waals surface area (Å²) in [6, 6.07) is 12.4. The van der Waals surface area contributed by atoms with Crippen LogP contribution in [0.15, 0.2) is 42.5 Å². The molecule has 2 rings (SSSR count). The normalized spacial score (nSPS) is 10.9. The van der Waals surface area contributed by atoms with E-state index in [4.69, 9.17) is 17.3 Å². The van der Waals surface area contributed by atoms with Gasteiger partial charge in [0.2, 0.25) is 0 Å². The van der Waals surface area contributed by atoms with Crippen molar-refractivity contribution >= 4 is 17.3 Å². The molecule has 0 aliphatic heterocycles. The van der Waals surface area contributed by atoms with E-state index in [2.05, 4.69) is 0 Å². The number of hydrogen-bond donors (Lipinski definition) is 1. The second kappa shape index (κ2) is 6.04. The van der Waals surface area contributed by atoms with E-state index in [1.165, 1.54) is 6.07 Å². The van der Waals surface area contributed by atoms with Crippen LogP contribution in [0.1, 0.15) is 11.1 Å².